The second kappa shape index (κ2) is 9.69. The first-order chi connectivity index (χ1) is 14.7. The van der Waals surface area contributed by atoms with Gasteiger partial charge in [0.25, 0.3) is 0 Å². The van der Waals surface area contributed by atoms with Gasteiger partial charge in [-0.1, -0.05) is 35.9 Å². The third-order valence-corrected chi connectivity index (χ3v) is 5.45. The Bertz CT molecular complexity index is 963. The Hall–Kier alpha value is -2.96. The molecule has 6 nitrogen and oxygen atoms in total. The molecular weight excluding hydrogens is 398 g/mol. The molecule has 3 aromatic rings. The molecule has 154 valence electrons. The zero-order valence-corrected chi connectivity index (χ0v) is 17.3. The lowest BCUT2D eigenvalue weighted by atomic mass is 10.0. The molecule has 1 atom stereocenters. The third kappa shape index (κ3) is 5.55. The summed E-state index contributed by atoms with van der Waals surface area (Å²) >= 11 is 5.89. The fourth-order valence-corrected chi connectivity index (χ4v) is 3.84. The van der Waals surface area contributed by atoms with Crippen LogP contribution >= 0.6 is 11.6 Å². The number of amides is 2. The number of nitrogens with one attached hydrogen (secondary N) is 2. The number of hydrogen-bond acceptors (Lipinski definition) is 4. The number of aromatic nitrogens is 2. The first-order valence-electron chi connectivity index (χ1n) is 10.1. The van der Waals surface area contributed by atoms with E-state index in [1.165, 1.54) is 11.9 Å². The normalized spacial score (nSPS) is 16.8. The molecular formula is C23H24ClN5O. The van der Waals surface area contributed by atoms with E-state index in [4.69, 9.17) is 11.6 Å². The van der Waals surface area contributed by atoms with E-state index in [0.29, 0.717) is 5.02 Å². The molecule has 2 aromatic carbocycles. The fourth-order valence-electron chi connectivity index (χ4n) is 3.71. The maximum atomic E-state index is 12.3. The molecule has 0 saturated carbocycles. The van der Waals surface area contributed by atoms with Crippen LogP contribution in [0.1, 0.15) is 18.4 Å². The minimum atomic E-state index is -0.182. The molecule has 1 aliphatic heterocycles. The molecule has 1 fully saturated rings. The summed E-state index contributed by atoms with van der Waals surface area (Å²) in [6.45, 7) is 2.73. The number of halogens is 1. The first-order valence-corrected chi connectivity index (χ1v) is 10.4. The van der Waals surface area contributed by atoms with Crippen molar-refractivity contribution < 1.29 is 4.79 Å². The lowest BCUT2D eigenvalue weighted by molar-refractivity contribution is 0.183. The van der Waals surface area contributed by atoms with Crippen molar-refractivity contribution >= 4 is 23.3 Å². The van der Waals surface area contributed by atoms with Crippen molar-refractivity contribution in [3.05, 3.63) is 77.8 Å². The molecule has 4 rings (SSSR count). The van der Waals surface area contributed by atoms with E-state index in [9.17, 15) is 4.79 Å². The molecule has 2 N–H and O–H groups in total. The molecule has 0 aliphatic carbocycles. The van der Waals surface area contributed by atoms with Crippen molar-refractivity contribution in [2.75, 3.05) is 18.4 Å². The highest BCUT2D eigenvalue weighted by atomic mass is 35.5. The summed E-state index contributed by atoms with van der Waals surface area (Å²) in [4.78, 5) is 22.9. The van der Waals surface area contributed by atoms with Crippen LogP contribution in [0.5, 0.6) is 0 Å². The highest BCUT2D eigenvalue weighted by Gasteiger charge is 2.21. The lowest BCUT2D eigenvalue weighted by Crippen LogP contribution is -2.48. The van der Waals surface area contributed by atoms with Crippen LogP contribution in [-0.2, 0) is 6.54 Å². The van der Waals surface area contributed by atoms with E-state index in [-0.39, 0.29) is 12.1 Å². The van der Waals surface area contributed by atoms with Crippen LogP contribution in [0.25, 0.3) is 11.1 Å². The molecule has 1 unspecified atom stereocenters. The van der Waals surface area contributed by atoms with Crippen LogP contribution < -0.4 is 10.6 Å². The Kier molecular flexibility index (Phi) is 6.57. The van der Waals surface area contributed by atoms with Crippen LogP contribution in [0.2, 0.25) is 5.02 Å². The maximum absolute atomic E-state index is 12.3. The largest absolute Gasteiger partial charge is 0.334 e. The molecule has 1 aromatic heterocycles. The van der Waals surface area contributed by atoms with Gasteiger partial charge in [-0.15, -0.1) is 0 Å². The number of nitrogens with zero attached hydrogens (tertiary/aromatic N) is 3. The second-order valence-corrected chi connectivity index (χ2v) is 7.94. The Balaban J connectivity index is 1.29. The summed E-state index contributed by atoms with van der Waals surface area (Å²) in [6, 6.07) is 15.6. The summed E-state index contributed by atoms with van der Waals surface area (Å²) < 4.78 is 0. The summed E-state index contributed by atoms with van der Waals surface area (Å²) in [5.41, 5.74) is 4.10. The molecule has 7 heteroatoms. The van der Waals surface area contributed by atoms with E-state index in [1.807, 2.05) is 12.4 Å². The maximum Gasteiger partial charge on any atom is 0.319 e. The molecule has 30 heavy (non-hydrogen) atoms. The number of benzene rings is 2. The molecule has 1 saturated heterocycles. The van der Waals surface area contributed by atoms with Gasteiger partial charge >= 0.3 is 6.03 Å². The van der Waals surface area contributed by atoms with Gasteiger partial charge in [-0.05, 0) is 54.8 Å². The SMILES string of the molecule is O=C(Nc1ccc(Cl)cc1)NC1CCCN(Cc2ccc(-c3cncnc3)cc2)C1. The van der Waals surface area contributed by atoms with Crippen LogP contribution in [0.4, 0.5) is 10.5 Å². The van der Waals surface area contributed by atoms with Gasteiger partial charge in [0.2, 0.25) is 0 Å². The predicted octanol–water partition coefficient (Wildman–Crippen LogP) is 4.58. The highest BCUT2D eigenvalue weighted by Crippen LogP contribution is 2.20. The summed E-state index contributed by atoms with van der Waals surface area (Å²) in [6.07, 6.45) is 7.22. The average molecular weight is 422 g/mol. The van der Waals surface area contributed by atoms with Crippen LogP contribution in [0, 0.1) is 0 Å². The van der Waals surface area contributed by atoms with E-state index >= 15 is 0 Å². The van der Waals surface area contributed by atoms with Crippen molar-refractivity contribution in [1.29, 1.82) is 0 Å². The van der Waals surface area contributed by atoms with Crippen molar-refractivity contribution in [3.63, 3.8) is 0 Å². The zero-order chi connectivity index (χ0) is 20.8. The smallest absolute Gasteiger partial charge is 0.319 e. The minimum absolute atomic E-state index is 0.131. The average Bonchev–Trinajstić information content (AvgIpc) is 2.77. The van der Waals surface area contributed by atoms with Gasteiger partial charge in [0.05, 0.1) is 0 Å². The number of likely N-dealkylation sites (tertiary alicyclic amines) is 1. The number of rotatable bonds is 5. The van der Waals surface area contributed by atoms with Gasteiger partial charge < -0.3 is 10.6 Å². The fraction of sp³-hybridized carbons (Fsp3) is 0.261. The summed E-state index contributed by atoms with van der Waals surface area (Å²) in [5.74, 6) is 0. The Morgan fingerprint density at radius 3 is 2.50 bits per heavy atom. The van der Waals surface area contributed by atoms with Gasteiger partial charge in [-0.25, -0.2) is 14.8 Å². The van der Waals surface area contributed by atoms with Gasteiger partial charge in [0, 0.05) is 47.8 Å². The topological polar surface area (TPSA) is 70.2 Å². The van der Waals surface area contributed by atoms with Crippen molar-refractivity contribution in [2.45, 2.75) is 25.4 Å². The van der Waals surface area contributed by atoms with E-state index in [1.54, 1.807) is 24.3 Å². The molecule has 2 amide bonds. The molecule has 0 radical (unpaired) electrons. The number of piperidine rings is 1. The summed E-state index contributed by atoms with van der Waals surface area (Å²) in [7, 11) is 0. The third-order valence-electron chi connectivity index (χ3n) is 5.20. The number of carbonyl (C=O) groups is 1. The Labute approximate surface area is 181 Å². The first kappa shape index (κ1) is 20.3. The van der Waals surface area contributed by atoms with Crippen LogP contribution in [0.3, 0.4) is 0 Å². The Morgan fingerprint density at radius 2 is 1.77 bits per heavy atom. The van der Waals surface area contributed by atoms with E-state index in [0.717, 1.165) is 49.3 Å². The van der Waals surface area contributed by atoms with Gasteiger partial charge in [-0.2, -0.15) is 0 Å². The van der Waals surface area contributed by atoms with Gasteiger partial charge in [0.1, 0.15) is 6.33 Å². The molecule has 1 aliphatic rings. The number of urea groups is 1. The molecule has 0 bridgehead atoms. The quantitative estimate of drug-likeness (QED) is 0.632. The van der Waals surface area contributed by atoms with Crippen LogP contribution in [0.15, 0.2) is 67.3 Å². The standard InChI is InChI=1S/C23H24ClN5O/c24-20-7-9-21(10-8-20)27-23(30)28-22-2-1-11-29(15-22)14-17-3-5-18(6-4-17)19-12-25-16-26-13-19/h3-10,12-13,16,22H,1-2,11,14-15H2,(H2,27,28,30). The van der Waals surface area contributed by atoms with Crippen molar-refractivity contribution in [3.8, 4) is 11.1 Å². The molecule has 0 spiro atoms. The lowest BCUT2D eigenvalue weighted by Gasteiger charge is -2.33. The van der Waals surface area contributed by atoms with Gasteiger partial charge in [-0.3, -0.25) is 4.90 Å². The van der Waals surface area contributed by atoms with E-state index < -0.39 is 0 Å². The zero-order valence-electron chi connectivity index (χ0n) is 16.6. The molecule has 2 heterocycles. The number of hydrogen-bond donors (Lipinski definition) is 2. The minimum Gasteiger partial charge on any atom is -0.334 e. The van der Waals surface area contributed by atoms with Gasteiger partial charge in [0.15, 0.2) is 0 Å². The summed E-state index contributed by atoms with van der Waals surface area (Å²) in [5, 5.41) is 6.60. The number of carbonyl (C=O) groups excluding carboxylic acids is 1. The van der Waals surface area contributed by atoms with Crippen molar-refractivity contribution in [2.24, 2.45) is 0 Å². The second-order valence-electron chi connectivity index (χ2n) is 7.50. The number of anilines is 1. The predicted molar refractivity (Wildman–Crippen MR) is 119 cm³/mol. The van der Waals surface area contributed by atoms with Crippen molar-refractivity contribution in [1.82, 2.24) is 20.2 Å². The van der Waals surface area contributed by atoms with Crippen LogP contribution in [-0.4, -0.2) is 40.0 Å². The monoisotopic (exact) mass is 421 g/mol. The highest BCUT2D eigenvalue weighted by molar-refractivity contribution is 6.30. The van der Waals surface area contributed by atoms with E-state index in [2.05, 4.69) is 49.8 Å². The Morgan fingerprint density at radius 1 is 1.03 bits per heavy atom.